The van der Waals surface area contributed by atoms with Gasteiger partial charge in [0, 0.05) is 25.2 Å². The summed E-state index contributed by atoms with van der Waals surface area (Å²) < 4.78 is 25.0. The number of aromatic nitrogens is 2. The number of sulfonamides is 1. The molecule has 80 valence electrons. The lowest BCUT2D eigenvalue weighted by atomic mass is 10.7. The number of nitrogens with one attached hydrogen (secondary N) is 1. The minimum atomic E-state index is -3.41. The van der Waals surface area contributed by atoms with Gasteiger partial charge in [0.25, 0.3) is 0 Å². The third kappa shape index (κ3) is 2.26. The van der Waals surface area contributed by atoms with Gasteiger partial charge in [0.05, 0.1) is 6.20 Å². The van der Waals surface area contributed by atoms with Gasteiger partial charge in [0.15, 0.2) is 0 Å². The molecule has 0 aliphatic rings. The van der Waals surface area contributed by atoms with E-state index in [1.165, 1.54) is 16.7 Å². The highest BCUT2D eigenvalue weighted by Crippen LogP contribution is 2.12. The smallest absolute Gasteiger partial charge is 0.246 e. The number of rotatable bonds is 5. The van der Waals surface area contributed by atoms with Crippen LogP contribution in [-0.4, -0.2) is 41.9 Å². The number of aromatic amines is 1. The van der Waals surface area contributed by atoms with Crippen LogP contribution >= 0.6 is 11.6 Å². The Labute approximate surface area is 88.1 Å². The van der Waals surface area contributed by atoms with Crippen molar-refractivity contribution in [3.63, 3.8) is 0 Å². The van der Waals surface area contributed by atoms with Crippen molar-refractivity contribution in [2.75, 3.05) is 19.0 Å². The summed E-state index contributed by atoms with van der Waals surface area (Å²) in [5.41, 5.74) is 0. The molecule has 0 spiro atoms. The van der Waals surface area contributed by atoms with Gasteiger partial charge in [0.2, 0.25) is 10.0 Å². The van der Waals surface area contributed by atoms with Gasteiger partial charge >= 0.3 is 0 Å². The van der Waals surface area contributed by atoms with Crippen molar-refractivity contribution < 1.29 is 8.42 Å². The summed E-state index contributed by atoms with van der Waals surface area (Å²) in [5.74, 6) is 0.283. The number of alkyl halides is 1. The first-order valence-electron chi connectivity index (χ1n) is 4.17. The van der Waals surface area contributed by atoms with Gasteiger partial charge in [-0.2, -0.15) is 9.40 Å². The van der Waals surface area contributed by atoms with Crippen LogP contribution in [0.25, 0.3) is 0 Å². The number of hydrogen-bond donors (Lipinski definition) is 1. The van der Waals surface area contributed by atoms with Crippen LogP contribution in [0.15, 0.2) is 17.3 Å². The van der Waals surface area contributed by atoms with E-state index in [0.717, 1.165) is 0 Å². The summed E-state index contributed by atoms with van der Waals surface area (Å²) in [6.07, 6.45) is 2.64. The van der Waals surface area contributed by atoms with Crippen molar-refractivity contribution in [3.05, 3.63) is 12.4 Å². The maximum atomic E-state index is 11.8. The zero-order chi connectivity index (χ0) is 10.6. The zero-order valence-corrected chi connectivity index (χ0v) is 9.35. The maximum absolute atomic E-state index is 11.8. The third-order valence-electron chi connectivity index (χ3n) is 1.80. The molecule has 1 aromatic heterocycles. The highest BCUT2D eigenvalue weighted by atomic mass is 35.5. The van der Waals surface area contributed by atoms with Gasteiger partial charge in [0.1, 0.15) is 4.90 Å². The molecule has 7 heteroatoms. The molecule has 0 aliphatic carbocycles. The molecule has 1 rings (SSSR count). The predicted molar refractivity (Wildman–Crippen MR) is 53.7 cm³/mol. The average molecular weight is 238 g/mol. The quantitative estimate of drug-likeness (QED) is 0.765. The second-order valence-electron chi connectivity index (χ2n) is 2.62. The molecule has 0 unspecified atom stereocenters. The van der Waals surface area contributed by atoms with Crippen molar-refractivity contribution in [2.45, 2.75) is 11.8 Å². The third-order valence-corrected chi connectivity index (χ3v) is 3.91. The lowest BCUT2D eigenvalue weighted by Gasteiger charge is -2.17. The summed E-state index contributed by atoms with van der Waals surface area (Å²) in [6.45, 7) is 2.48. The fourth-order valence-electron chi connectivity index (χ4n) is 1.07. The molecule has 0 aromatic carbocycles. The number of H-pyrrole nitrogens is 1. The summed E-state index contributed by atoms with van der Waals surface area (Å²) in [7, 11) is -3.41. The van der Waals surface area contributed by atoms with Crippen LogP contribution in [0.2, 0.25) is 0 Å². The van der Waals surface area contributed by atoms with Gasteiger partial charge in [-0.25, -0.2) is 8.42 Å². The molecule has 0 bridgehead atoms. The molecular formula is C7H12ClN3O2S. The van der Waals surface area contributed by atoms with E-state index < -0.39 is 10.0 Å². The van der Waals surface area contributed by atoms with Crippen LogP contribution < -0.4 is 0 Å². The Morgan fingerprint density at radius 2 is 2.36 bits per heavy atom. The fourth-order valence-corrected chi connectivity index (χ4v) is 2.73. The minimum Gasteiger partial charge on any atom is -0.284 e. The lowest BCUT2D eigenvalue weighted by molar-refractivity contribution is 0.447. The minimum absolute atomic E-state index is 0.171. The highest BCUT2D eigenvalue weighted by Gasteiger charge is 2.22. The van der Waals surface area contributed by atoms with Gasteiger partial charge in [-0.3, -0.25) is 5.10 Å². The number of hydrogen-bond acceptors (Lipinski definition) is 3. The first-order chi connectivity index (χ1) is 6.62. The molecule has 5 nitrogen and oxygen atoms in total. The van der Waals surface area contributed by atoms with Crippen LogP contribution in [0.1, 0.15) is 6.92 Å². The molecular weight excluding hydrogens is 226 g/mol. The Balaban J connectivity index is 2.94. The van der Waals surface area contributed by atoms with Crippen LogP contribution in [0, 0.1) is 0 Å². The average Bonchev–Trinajstić information content (AvgIpc) is 2.66. The first kappa shape index (κ1) is 11.5. The maximum Gasteiger partial charge on any atom is 0.246 e. The molecule has 0 atom stereocenters. The zero-order valence-electron chi connectivity index (χ0n) is 7.77. The van der Waals surface area contributed by atoms with Gasteiger partial charge in [-0.05, 0) is 0 Å². The molecule has 0 aliphatic heterocycles. The van der Waals surface area contributed by atoms with E-state index in [9.17, 15) is 8.42 Å². The first-order valence-corrected chi connectivity index (χ1v) is 6.15. The predicted octanol–water partition coefficient (Wildman–Crippen LogP) is 0.659. The summed E-state index contributed by atoms with van der Waals surface area (Å²) in [5, 5.41) is 6.07. The molecule has 0 amide bonds. The molecule has 1 heterocycles. The van der Waals surface area contributed by atoms with Crippen molar-refractivity contribution >= 4 is 21.6 Å². The summed E-state index contributed by atoms with van der Waals surface area (Å²) >= 11 is 5.51. The van der Waals surface area contributed by atoms with Crippen molar-refractivity contribution in [3.8, 4) is 0 Å². The molecule has 1 aromatic rings. The van der Waals surface area contributed by atoms with Crippen LogP contribution in [-0.2, 0) is 10.0 Å². The molecule has 14 heavy (non-hydrogen) atoms. The topological polar surface area (TPSA) is 66.1 Å². The Hall–Kier alpha value is -0.590. The van der Waals surface area contributed by atoms with E-state index in [0.29, 0.717) is 13.1 Å². The molecule has 0 saturated heterocycles. The SMILES string of the molecule is CCN(CCCl)S(=O)(=O)c1cn[nH]c1. The Kier molecular flexibility index (Phi) is 3.91. The number of halogens is 1. The van der Waals surface area contributed by atoms with E-state index in [4.69, 9.17) is 11.6 Å². The largest absolute Gasteiger partial charge is 0.284 e. The molecule has 0 radical (unpaired) electrons. The van der Waals surface area contributed by atoms with Gasteiger partial charge in [-0.1, -0.05) is 6.92 Å². The highest BCUT2D eigenvalue weighted by molar-refractivity contribution is 7.89. The normalized spacial score (nSPS) is 12.2. The standard InChI is InChI=1S/C7H12ClN3O2S/c1-2-11(4-3-8)14(12,13)7-5-9-10-6-7/h5-6H,2-4H2,1H3,(H,9,10). The fraction of sp³-hybridized carbons (Fsp3) is 0.571. The van der Waals surface area contributed by atoms with Gasteiger partial charge < -0.3 is 0 Å². The Morgan fingerprint density at radius 3 is 2.79 bits per heavy atom. The van der Waals surface area contributed by atoms with Gasteiger partial charge in [-0.15, -0.1) is 11.6 Å². The number of nitrogens with zero attached hydrogens (tertiary/aromatic N) is 2. The van der Waals surface area contributed by atoms with E-state index in [2.05, 4.69) is 10.2 Å². The summed E-state index contributed by atoms with van der Waals surface area (Å²) in [6, 6.07) is 0. The van der Waals surface area contributed by atoms with Crippen molar-refractivity contribution in [1.29, 1.82) is 0 Å². The summed E-state index contributed by atoms with van der Waals surface area (Å²) in [4.78, 5) is 0.171. The molecule has 0 fully saturated rings. The molecule has 1 N–H and O–H groups in total. The van der Waals surface area contributed by atoms with Crippen molar-refractivity contribution in [1.82, 2.24) is 14.5 Å². The van der Waals surface area contributed by atoms with E-state index >= 15 is 0 Å². The Morgan fingerprint density at radius 1 is 1.64 bits per heavy atom. The van der Waals surface area contributed by atoms with E-state index in [1.54, 1.807) is 6.92 Å². The van der Waals surface area contributed by atoms with Crippen LogP contribution in [0.5, 0.6) is 0 Å². The monoisotopic (exact) mass is 237 g/mol. The second-order valence-corrected chi connectivity index (χ2v) is 4.94. The second kappa shape index (κ2) is 4.77. The van der Waals surface area contributed by atoms with Crippen molar-refractivity contribution in [2.24, 2.45) is 0 Å². The van der Waals surface area contributed by atoms with E-state index in [-0.39, 0.29) is 10.8 Å². The van der Waals surface area contributed by atoms with Crippen LogP contribution in [0.3, 0.4) is 0 Å². The molecule has 0 saturated carbocycles. The van der Waals surface area contributed by atoms with Crippen LogP contribution in [0.4, 0.5) is 0 Å². The Bertz CT molecular complexity index is 362. The lowest BCUT2D eigenvalue weighted by Crippen LogP contribution is -2.32. The van der Waals surface area contributed by atoms with E-state index in [1.807, 2.05) is 0 Å².